The van der Waals surface area contributed by atoms with Crippen molar-refractivity contribution in [3.63, 3.8) is 0 Å². The van der Waals surface area contributed by atoms with Gasteiger partial charge >= 0.3 is 0 Å². The topological polar surface area (TPSA) is 139 Å². The summed E-state index contributed by atoms with van der Waals surface area (Å²) in [7, 11) is -2.83. The minimum atomic E-state index is -4.14. The number of sulfonamides is 1. The average Bonchev–Trinajstić information content (AvgIpc) is 3.02. The van der Waals surface area contributed by atoms with Crippen molar-refractivity contribution in [2.75, 3.05) is 24.2 Å². The van der Waals surface area contributed by atoms with Crippen molar-refractivity contribution in [1.29, 1.82) is 0 Å². The lowest BCUT2D eigenvalue weighted by molar-refractivity contribution is -0.384. The third-order valence-corrected chi connectivity index (χ3v) is 8.87. The molecule has 1 atom stereocenters. The summed E-state index contributed by atoms with van der Waals surface area (Å²) in [5, 5.41) is 14.7. The zero-order chi connectivity index (χ0) is 31.7. The van der Waals surface area contributed by atoms with Gasteiger partial charge in [0.25, 0.3) is 5.69 Å². The summed E-state index contributed by atoms with van der Waals surface area (Å²) < 4.78 is 32.3. The van der Waals surface area contributed by atoms with E-state index in [-0.39, 0.29) is 42.0 Å². The summed E-state index contributed by atoms with van der Waals surface area (Å²) in [6, 6.07) is 21.0. The number of nitro groups is 1. The van der Waals surface area contributed by atoms with E-state index >= 15 is 0 Å². The molecular weight excluding hydrogens is 584 g/mol. The van der Waals surface area contributed by atoms with Crippen LogP contribution in [0, 0.1) is 10.1 Å². The van der Waals surface area contributed by atoms with Gasteiger partial charge in [-0.2, -0.15) is 0 Å². The van der Waals surface area contributed by atoms with Crippen LogP contribution in [0.5, 0.6) is 5.75 Å². The Labute approximate surface area is 258 Å². The Hall–Kier alpha value is -4.45. The number of hydrogen-bond donors (Lipinski definition) is 1. The zero-order valence-electron chi connectivity index (χ0n) is 24.9. The van der Waals surface area contributed by atoms with Crippen LogP contribution in [-0.4, -0.2) is 62.0 Å². The molecule has 1 saturated carbocycles. The van der Waals surface area contributed by atoms with Crippen LogP contribution in [0.2, 0.25) is 0 Å². The van der Waals surface area contributed by atoms with E-state index in [0.717, 1.165) is 59.9 Å². The molecule has 4 rings (SSSR count). The van der Waals surface area contributed by atoms with Gasteiger partial charge in [-0.05, 0) is 30.0 Å². The van der Waals surface area contributed by atoms with Crippen molar-refractivity contribution >= 4 is 33.2 Å². The smallest absolute Gasteiger partial charge is 0.271 e. The number of ether oxygens (including phenoxy) is 1. The van der Waals surface area contributed by atoms with Gasteiger partial charge in [-0.15, -0.1) is 0 Å². The number of nitrogens with one attached hydrogen (secondary N) is 1. The number of nitrogens with zero attached hydrogens (tertiary/aromatic N) is 3. The number of carbonyl (C=O) groups is 2. The highest BCUT2D eigenvalue weighted by Crippen LogP contribution is 2.34. The monoisotopic (exact) mass is 622 g/mol. The number of benzene rings is 3. The Balaban J connectivity index is 1.76. The van der Waals surface area contributed by atoms with Gasteiger partial charge in [0.1, 0.15) is 24.0 Å². The summed E-state index contributed by atoms with van der Waals surface area (Å²) >= 11 is 0. The summed E-state index contributed by atoms with van der Waals surface area (Å²) in [5.41, 5.74) is 1.08. The van der Waals surface area contributed by atoms with Crippen molar-refractivity contribution in [2.45, 2.75) is 57.2 Å². The molecule has 1 aliphatic rings. The maximum Gasteiger partial charge on any atom is 0.271 e. The Morgan fingerprint density at radius 2 is 1.59 bits per heavy atom. The van der Waals surface area contributed by atoms with Crippen LogP contribution >= 0.6 is 0 Å². The quantitative estimate of drug-likeness (QED) is 0.219. The Morgan fingerprint density at radius 1 is 0.977 bits per heavy atom. The van der Waals surface area contributed by atoms with Crippen LogP contribution in [0.1, 0.15) is 43.2 Å². The number of amides is 2. The molecule has 0 saturated heterocycles. The predicted molar refractivity (Wildman–Crippen MR) is 168 cm³/mol. The number of carbonyl (C=O) groups excluding carboxylic acids is 2. The maximum atomic E-state index is 14.3. The van der Waals surface area contributed by atoms with Crippen molar-refractivity contribution in [3.05, 3.63) is 100 Å². The molecule has 0 bridgehead atoms. The molecule has 3 aromatic carbocycles. The molecule has 0 aromatic heterocycles. The van der Waals surface area contributed by atoms with Crippen LogP contribution in [0.15, 0.2) is 78.9 Å². The minimum absolute atomic E-state index is 0.00940. The molecule has 12 heteroatoms. The van der Waals surface area contributed by atoms with E-state index in [1.165, 1.54) is 24.1 Å². The molecule has 1 N–H and O–H groups in total. The van der Waals surface area contributed by atoms with Crippen LogP contribution in [0.4, 0.5) is 11.4 Å². The lowest BCUT2D eigenvalue weighted by atomic mass is 9.94. The summed E-state index contributed by atoms with van der Waals surface area (Å²) in [6.45, 7) is -0.663. The van der Waals surface area contributed by atoms with Gasteiger partial charge in [0.2, 0.25) is 21.8 Å². The SMILES string of the molecule is COc1ccc([N+](=O)[O-])cc1N(CC(=O)N(Cc1ccccc1)[C@H](Cc1ccccc1)C(=O)NC1CCCCC1)S(C)(=O)=O. The van der Waals surface area contributed by atoms with E-state index in [1.54, 1.807) is 0 Å². The maximum absolute atomic E-state index is 14.3. The first-order valence-corrected chi connectivity index (χ1v) is 16.4. The molecule has 3 aromatic rings. The molecule has 2 amide bonds. The van der Waals surface area contributed by atoms with E-state index in [0.29, 0.717) is 0 Å². The highest BCUT2D eigenvalue weighted by molar-refractivity contribution is 7.92. The fraction of sp³-hybridized carbons (Fsp3) is 0.375. The minimum Gasteiger partial charge on any atom is -0.495 e. The molecule has 11 nitrogen and oxygen atoms in total. The number of non-ortho nitro benzene ring substituents is 1. The van der Waals surface area contributed by atoms with Gasteiger partial charge in [-0.1, -0.05) is 79.9 Å². The van der Waals surface area contributed by atoms with Crippen LogP contribution < -0.4 is 14.4 Å². The molecule has 0 heterocycles. The predicted octanol–water partition coefficient (Wildman–Crippen LogP) is 4.46. The number of hydrogen-bond acceptors (Lipinski definition) is 7. The lowest BCUT2D eigenvalue weighted by Crippen LogP contribution is -2.55. The van der Waals surface area contributed by atoms with Crippen LogP contribution in [-0.2, 0) is 32.6 Å². The van der Waals surface area contributed by atoms with Gasteiger partial charge < -0.3 is 15.0 Å². The van der Waals surface area contributed by atoms with E-state index in [9.17, 15) is 28.1 Å². The second-order valence-electron chi connectivity index (χ2n) is 10.9. The van der Waals surface area contributed by atoms with Gasteiger partial charge in [0, 0.05) is 31.1 Å². The second-order valence-corrected chi connectivity index (χ2v) is 12.8. The molecule has 0 aliphatic heterocycles. The van der Waals surface area contributed by atoms with Gasteiger partial charge in [0.05, 0.1) is 18.3 Å². The molecule has 234 valence electrons. The van der Waals surface area contributed by atoms with E-state index in [4.69, 9.17) is 4.74 Å². The number of anilines is 1. The fourth-order valence-corrected chi connectivity index (χ4v) is 6.30. The van der Waals surface area contributed by atoms with Crippen molar-refractivity contribution in [3.8, 4) is 5.75 Å². The number of methoxy groups -OCH3 is 1. The summed E-state index contributed by atoms with van der Waals surface area (Å²) in [4.78, 5) is 40.6. The van der Waals surface area contributed by atoms with Crippen molar-refractivity contribution < 1.29 is 27.7 Å². The van der Waals surface area contributed by atoms with Crippen molar-refractivity contribution in [1.82, 2.24) is 10.2 Å². The Bertz CT molecular complexity index is 1550. The standard InChI is InChI=1S/C32H38N4O7S/c1-43-30-19-18-27(36(39)40)21-28(30)35(44(2,41)42)23-31(37)34(22-25-14-8-4-9-15-25)29(20-24-12-6-3-7-13-24)32(38)33-26-16-10-5-11-17-26/h3-4,6-9,12-15,18-19,21,26,29H,5,10-11,16-17,20,22-23H2,1-2H3,(H,33,38)/t29-/m1/s1. The van der Waals surface area contributed by atoms with Crippen LogP contribution in [0.3, 0.4) is 0 Å². The largest absolute Gasteiger partial charge is 0.495 e. The van der Waals surface area contributed by atoms with Crippen LogP contribution in [0.25, 0.3) is 0 Å². The third kappa shape index (κ3) is 8.56. The van der Waals surface area contributed by atoms with E-state index < -0.39 is 33.4 Å². The van der Waals surface area contributed by atoms with Gasteiger partial charge in [-0.3, -0.25) is 24.0 Å². The normalized spacial score (nSPS) is 14.3. The number of nitro benzene ring substituents is 1. The second kappa shape index (κ2) is 14.8. The first-order valence-electron chi connectivity index (χ1n) is 14.5. The molecule has 1 fully saturated rings. The first kappa shape index (κ1) is 32.5. The van der Waals surface area contributed by atoms with Gasteiger partial charge in [-0.25, -0.2) is 8.42 Å². The van der Waals surface area contributed by atoms with Crippen molar-refractivity contribution in [2.24, 2.45) is 0 Å². The summed E-state index contributed by atoms with van der Waals surface area (Å²) in [5.74, 6) is -0.921. The molecular formula is C32H38N4O7S. The summed E-state index contributed by atoms with van der Waals surface area (Å²) in [6.07, 6.45) is 5.95. The van der Waals surface area contributed by atoms with E-state index in [2.05, 4.69) is 5.32 Å². The van der Waals surface area contributed by atoms with Gasteiger partial charge in [0.15, 0.2) is 0 Å². The first-order chi connectivity index (χ1) is 21.1. The highest BCUT2D eigenvalue weighted by atomic mass is 32.2. The highest BCUT2D eigenvalue weighted by Gasteiger charge is 2.35. The number of rotatable bonds is 13. The lowest BCUT2D eigenvalue weighted by Gasteiger charge is -2.35. The van der Waals surface area contributed by atoms with E-state index in [1.807, 2.05) is 60.7 Å². The molecule has 1 aliphatic carbocycles. The molecule has 44 heavy (non-hydrogen) atoms. The molecule has 0 radical (unpaired) electrons. The Kier molecular flexibility index (Phi) is 10.9. The average molecular weight is 623 g/mol. The fourth-order valence-electron chi connectivity index (χ4n) is 5.46. The zero-order valence-corrected chi connectivity index (χ0v) is 25.7. The molecule has 0 unspecified atom stereocenters. The third-order valence-electron chi connectivity index (χ3n) is 7.74. The Morgan fingerprint density at radius 3 is 2.16 bits per heavy atom. The molecule has 0 spiro atoms.